The van der Waals surface area contributed by atoms with Gasteiger partial charge in [0.1, 0.15) is 5.56 Å². The average molecular weight is 230 g/mol. The largest absolute Gasteiger partial charge is 0.478 e. The van der Waals surface area contributed by atoms with E-state index in [9.17, 15) is 4.79 Å². The van der Waals surface area contributed by atoms with Crippen LogP contribution in [0.15, 0.2) is 18.2 Å². The molecule has 0 saturated carbocycles. The van der Waals surface area contributed by atoms with Crippen molar-refractivity contribution >= 4 is 22.6 Å². The Balaban J connectivity index is 2.93. The SMILES string of the molecule is CCc1cccc2nc(C)c(C(=O)O)c(N)c12. The molecule has 0 fully saturated rings. The number of nitrogens with two attached hydrogens (primary N) is 1. The number of carbonyl (C=O) groups is 1. The number of carboxylic acids is 1. The number of rotatable bonds is 2. The van der Waals surface area contributed by atoms with Gasteiger partial charge >= 0.3 is 5.97 Å². The Morgan fingerprint density at radius 2 is 2.18 bits per heavy atom. The van der Waals surface area contributed by atoms with Crippen LogP contribution in [0, 0.1) is 6.92 Å². The highest BCUT2D eigenvalue weighted by molar-refractivity contribution is 6.05. The topological polar surface area (TPSA) is 76.2 Å². The van der Waals surface area contributed by atoms with Crippen LogP contribution >= 0.6 is 0 Å². The summed E-state index contributed by atoms with van der Waals surface area (Å²) >= 11 is 0. The zero-order valence-corrected chi connectivity index (χ0v) is 9.82. The molecule has 3 N–H and O–H groups in total. The van der Waals surface area contributed by atoms with E-state index in [1.165, 1.54) is 0 Å². The monoisotopic (exact) mass is 230 g/mol. The lowest BCUT2D eigenvalue weighted by Gasteiger charge is -2.11. The predicted octanol–water partition coefficient (Wildman–Crippen LogP) is 2.39. The summed E-state index contributed by atoms with van der Waals surface area (Å²) in [7, 11) is 0. The Morgan fingerprint density at radius 1 is 1.47 bits per heavy atom. The van der Waals surface area contributed by atoms with Crippen molar-refractivity contribution in [2.24, 2.45) is 0 Å². The molecule has 1 heterocycles. The molecule has 0 saturated heterocycles. The van der Waals surface area contributed by atoms with Crippen molar-refractivity contribution < 1.29 is 9.90 Å². The molecule has 17 heavy (non-hydrogen) atoms. The first-order chi connectivity index (χ1) is 8.06. The van der Waals surface area contributed by atoms with Crippen molar-refractivity contribution in [3.63, 3.8) is 0 Å². The Hall–Kier alpha value is -2.10. The van der Waals surface area contributed by atoms with E-state index in [0.717, 1.165) is 22.9 Å². The molecule has 2 rings (SSSR count). The van der Waals surface area contributed by atoms with Crippen molar-refractivity contribution in [3.8, 4) is 0 Å². The smallest absolute Gasteiger partial charge is 0.339 e. The van der Waals surface area contributed by atoms with Crippen LogP contribution in [0.4, 0.5) is 5.69 Å². The number of anilines is 1. The molecule has 1 aromatic heterocycles. The van der Waals surface area contributed by atoms with Crippen LogP contribution < -0.4 is 5.73 Å². The van der Waals surface area contributed by atoms with Crippen LogP contribution in [0.1, 0.15) is 28.5 Å². The molecule has 0 aliphatic rings. The fourth-order valence-corrected chi connectivity index (χ4v) is 2.11. The molecule has 0 amide bonds. The summed E-state index contributed by atoms with van der Waals surface area (Å²) in [4.78, 5) is 15.5. The lowest BCUT2D eigenvalue weighted by atomic mass is 10.0. The molecule has 4 heteroatoms. The van der Waals surface area contributed by atoms with E-state index in [-0.39, 0.29) is 5.56 Å². The van der Waals surface area contributed by atoms with Crippen LogP contribution in [0.3, 0.4) is 0 Å². The Labute approximate surface area is 99.1 Å². The Kier molecular flexibility index (Phi) is 2.71. The molecule has 4 nitrogen and oxygen atoms in total. The maximum Gasteiger partial charge on any atom is 0.339 e. The number of carboxylic acid groups (broad SMARTS) is 1. The van der Waals surface area contributed by atoms with Crippen molar-refractivity contribution in [1.82, 2.24) is 4.98 Å². The summed E-state index contributed by atoms with van der Waals surface area (Å²) in [6.45, 7) is 3.67. The minimum Gasteiger partial charge on any atom is -0.478 e. The van der Waals surface area contributed by atoms with Crippen molar-refractivity contribution in [3.05, 3.63) is 35.0 Å². The zero-order chi connectivity index (χ0) is 12.6. The zero-order valence-electron chi connectivity index (χ0n) is 9.82. The highest BCUT2D eigenvalue weighted by Crippen LogP contribution is 2.28. The van der Waals surface area contributed by atoms with Gasteiger partial charge < -0.3 is 10.8 Å². The van der Waals surface area contributed by atoms with Gasteiger partial charge in [-0.25, -0.2) is 4.79 Å². The number of fused-ring (bicyclic) bond motifs is 1. The molecular weight excluding hydrogens is 216 g/mol. The first-order valence-electron chi connectivity index (χ1n) is 5.47. The molecular formula is C13H14N2O2. The summed E-state index contributed by atoms with van der Waals surface area (Å²) < 4.78 is 0. The highest BCUT2D eigenvalue weighted by Gasteiger charge is 2.17. The molecule has 1 aromatic carbocycles. The number of aromatic nitrogens is 1. The fourth-order valence-electron chi connectivity index (χ4n) is 2.11. The van der Waals surface area contributed by atoms with Gasteiger partial charge in [-0.3, -0.25) is 4.98 Å². The molecule has 0 unspecified atom stereocenters. The molecule has 0 aliphatic heterocycles. The normalized spacial score (nSPS) is 10.7. The molecule has 0 aliphatic carbocycles. The lowest BCUT2D eigenvalue weighted by molar-refractivity contribution is 0.0697. The average Bonchev–Trinajstić information content (AvgIpc) is 2.27. The van der Waals surface area contributed by atoms with E-state index in [4.69, 9.17) is 10.8 Å². The van der Waals surface area contributed by atoms with E-state index in [1.807, 2.05) is 25.1 Å². The van der Waals surface area contributed by atoms with Gasteiger partial charge in [-0.05, 0) is 25.0 Å². The molecule has 0 bridgehead atoms. The molecule has 0 spiro atoms. The number of aromatic carboxylic acids is 1. The van der Waals surface area contributed by atoms with Gasteiger partial charge in [0, 0.05) is 5.39 Å². The second-order valence-electron chi connectivity index (χ2n) is 3.96. The number of hydrogen-bond donors (Lipinski definition) is 2. The molecule has 88 valence electrons. The third-order valence-corrected chi connectivity index (χ3v) is 2.91. The minimum absolute atomic E-state index is 0.110. The van der Waals surface area contributed by atoms with Gasteiger partial charge in [0.15, 0.2) is 0 Å². The van der Waals surface area contributed by atoms with Crippen LogP contribution in [0.25, 0.3) is 10.9 Å². The number of aryl methyl sites for hydroxylation is 2. The number of benzene rings is 1. The third kappa shape index (κ3) is 1.71. The molecule has 0 atom stereocenters. The molecule has 2 aromatic rings. The maximum atomic E-state index is 11.2. The van der Waals surface area contributed by atoms with E-state index < -0.39 is 5.97 Å². The Bertz CT molecular complexity index is 606. The summed E-state index contributed by atoms with van der Waals surface area (Å²) in [5, 5.41) is 9.91. The lowest BCUT2D eigenvalue weighted by Crippen LogP contribution is -2.08. The van der Waals surface area contributed by atoms with Gasteiger partial charge in [-0.2, -0.15) is 0 Å². The second-order valence-corrected chi connectivity index (χ2v) is 3.96. The van der Waals surface area contributed by atoms with Gasteiger partial charge in [0.25, 0.3) is 0 Å². The predicted molar refractivity (Wildman–Crippen MR) is 67.2 cm³/mol. The van der Waals surface area contributed by atoms with Gasteiger partial charge in [0.2, 0.25) is 0 Å². The van der Waals surface area contributed by atoms with Crippen LogP contribution in [0.5, 0.6) is 0 Å². The van der Waals surface area contributed by atoms with Gasteiger partial charge in [-0.15, -0.1) is 0 Å². The summed E-state index contributed by atoms with van der Waals surface area (Å²) in [6.07, 6.45) is 0.797. The standard InChI is InChI=1S/C13H14N2O2/c1-3-8-5-4-6-9-11(8)12(14)10(13(16)17)7(2)15-9/h4-6H,3H2,1-2H3,(H2,14,15)(H,16,17). The van der Waals surface area contributed by atoms with Crippen LogP contribution in [-0.2, 0) is 6.42 Å². The van der Waals surface area contributed by atoms with E-state index in [1.54, 1.807) is 6.92 Å². The first-order valence-corrected chi connectivity index (χ1v) is 5.47. The summed E-state index contributed by atoms with van der Waals surface area (Å²) in [6, 6.07) is 5.71. The van der Waals surface area contributed by atoms with Crippen LogP contribution in [0.2, 0.25) is 0 Å². The van der Waals surface area contributed by atoms with E-state index >= 15 is 0 Å². The van der Waals surface area contributed by atoms with Crippen molar-refractivity contribution in [2.45, 2.75) is 20.3 Å². The summed E-state index contributed by atoms with van der Waals surface area (Å²) in [5.41, 5.74) is 8.63. The molecule has 0 radical (unpaired) electrons. The first kappa shape index (κ1) is 11.4. The number of hydrogen-bond acceptors (Lipinski definition) is 3. The highest BCUT2D eigenvalue weighted by atomic mass is 16.4. The maximum absolute atomic E-state index is 11.2. The quantitative estimate of drug-likeness (QED) is 0.830. The van der Waals surface area contributed by atoms with Gasteiger partial charge in [-0.1, -0.05) is 19.1 Å². The number of pyridine rings is 1. The second kappa shape index (κ2) is 4.05. The number of nitrogen functional groups attached to an aromatic ring is 1. The fraction of sp³-hybridized carbons (Fsp3) is 0.231. The van der Waals surface area contributed by atoms with Gasteiger partial charge in [0.05, 0.1) is 16.9 Å². The van der Waals surface area contributed by atoms with Crippen molar-refractivity contribution in [2.75, 3.05) is 5.73 Å². The third-order valence-electron chi connectivity index (χ3n) is 2.91. The van der Waals surface area contributed by atoms with Crippen molar-refractivity contribution in [1.29, 1.82) is 0 Å². The minimum atomic E-state index is -1.03. The van der Waals surface area contributed by atoms with E-state index in [2.05, 4.69) is 4.98 Å². The summed E-state index contributed by atoms with van der Waals surface area (Å²) in [5.74, 6) is -1.03. The van der Waals surface area contributed by atoms with E-state index in [0.29, 0.717) is 11.4 Å². The Morgan fingerprint density at radius 3 is 2.76 bits per heavy atom. The van der Waals surface area contributed by atoms with Crippen LogP contribution in [-0.4, -0.2) is 16.1 Å². The number of nitrogens with zero attached hydrogens (tertiary/aromatic N) is 1.